The third-order valence-corrected chi connectivity index (χ3v) is 17.6. The van der Waals surface area contributed by atoms with Crippen LogP contribution in [0.4, 0.5) is 8.78 Å². The molecule has 0 bridgehead atoms. The standard InChI is InChI=1S/C29H48F2O5S.C18H15S/c1-18(2)7-6-8-19(3)23-11-12-24-22-10-9-20-17-21(36-26(32)29(30,31)37(33,34)35)13-15-27(20,4)25(22)14-16-28(23,24)5;1-4-10-16(11-5-1)19(17-12-6-2-7-13-17)18-14-8-3-9-15-18/h18-25H,6-17H2,1-5H3,(H,33,34,35);1-15H/q;+1/t19-,20+,21+,22+,23-,24+,25+,27+,28-;/m1./s1. The van der Waals surface area contributed by atoms with Gasteiger partial charge in [-0.3, -0.25) is 4.55 Å². The van der Waals surface area contributed by atoms with E-state index in [1.807, 2.05) is 0 Å². The normalized spacial score (nSPS) is 30.7. The zero-order chi connectivity index (χ0) is 40.3. The molecule has 0 heterocycles. The fourth-order valence-corrected chi connectivity index (χ4v) is 14.1. The molecule has 4 aliphatic carbocycles. The fourth-order valence-electron chi connectivity index (χ4n) is 11.8. The summed E-state index contributed by atoms with van der Waals surface area (Å²) in [5, 5.41) is -4.93. The molecule has 4 aliphatic rings. The summed E-state index contributed by atoms with van der Waals surface area (Å²) in [7, 11) is -5.86. The summed E-state index contributed by atoms with van der Waals surface area (Å²) in [6.45, 7) is 12.0. The van der Waals surface area contributed by atoms with E-state index >= 15 is 0 Å². The minimum Gasteiger partial charge on any atom is -0.457 e. The predicted octanol–water partition coefficient (Wildman–Crippen LogP) is 12.3. The zero-order valence-electron chi connectivity index (χ0n) is 33.9. The van der Waals surface area contributed by atoms with Crippen molar-refractivity contribution < 1.29 is 31.3 Å². The van der Waals surface area contributed by atoms with Crippen LogP contribution in [0, 0.1) is 52.3 Å². The van der Waals surface area contributed by atoms with E-state index in [2.05, 4.69) is 126 Å². The van der Waals surface area contributed by atoms with Gasteiger partial charge >= 0.3 is 21.3 Å². The number of ether oxygens (including phenoxy) is 1. The number of hydrogen-bond donors (Lipinski definition) is 1. The highest BCUT2D eigenvalue weighted by atomic mass is 32.2. The van der Waals surface area contributed by atoms with E-state index in [0.29, 0.717) is 30.1 Å². The van der Waals surface area contributed by atoms with Gasteiger partial charge in [0.2, 0.25) is 0 Å². The van der Waals surface area contributed by atoms with Gasteiger partial charge in [0.25, 0.3) is 0 Å². The molecule has 0 radical (unpaired) electrons. The van der Waals surface area contributed by atoms with Crippen molar-refractivity contribution in [2.75, 3.05) is 0 Å². The minimum absolute atomic E-state index is 0.0146. The number of halogens is 2. The van der Waals surface area contributed by atoms with Gasteiger partial charge in [-0.1, -0.05) is 108 Å². The number of carbonyl (C=O) groups excluding carboxylic acids is 1. The summed E-state index contributed by atoms with van der Waals surface area (Å²) < 4.78 is 63.1. The van der Waals surface area contributed by atoms with Crippen molar-refractivity contribution >= 4 is 27.0 Å². The van der Waals surface area contributed by atoms with Crippen molar-refractivity contribution in [3.63, 3.8) is 0 Å². The SMILES string of the molecule is CC(C)CCC[C@@H](C)[C@H]1CC[C@H]2[C@@H]3CC[C@H]4C[C@@H](OC(=O)C(F)(F)S(=O)(=O)O)CC[C@]4(C)[C@H]3CC[C@]12C.c1ccc([S+](c2ccccc2)c2ccccc2)cc1. The van der Waals surface area contributed by atoms with Gasteiger partial charge < -0.3 is 4.74 Å². The lowest BCUT2D eigenvalue weighted by Gasteiger charge is -2.61. The molecule has 9 atom stereocenters. The highest BCUT2D eigenvalue weighted by molar-refractivity contribution is 7.97. The van der Waals surface area contributed by atoms with Gasteiger partial charge in [0.15, 0.2) is 14.7 Å². The third-order valence-electron chi connectivity index (χ3n) is 14.6. The predicted molar refractivity (Wildman–Crippen MR) is 221 cm³/mol. The molecular weight excluding hydrogens is 747 g/mol. The Morgan fingerprint density at radius 2 is 1.29 bits per heavy atom. The van der Waals surface area contributed by atoms with Crippen LogP contribution < -0.4 is 0 Å². The summed E-state index contributed by atoms with van der Waals surface area (Å²) in [6, 6.07) is 32.2. The molecule has 56 heavy (non-hydrogen) atoms. The van der Waals surface area contributed by atoms with Gasteiger partial charge in [-0.15, -0.1) is 0 Å². The molecule has 0 aromatic heterocycles. The smallest absolute Gasteiger partial charge is 0.457 e. The lowest BCUT2D eigenvalue weighted by Crippen LogP contribution is -2.54. The lowest BCUT2D eigenvalue weighted by atomic mass is 9.44. The summed E-state index contributed by atoms with van der Waals surface area (Å²) in [4.78, 5) is 16.0. The minimum atomic E-state index is -5.85. The van der Waals surface area contributed by atoms with E-state index in [-0.39, 0.29) is 22.2 Å². The Morgan fingerprint density at radius 1 is 0.768 bits per heavy atom. The van der Waals surface area contributed by atoms with Crippen LogP contribution in [0.1, 0.15) is 112 Å². The number of rotatable bonds is 11. The molecule has 0 aliphatic heterocycles. The Morgan fingerprint density at radius 3 is 1.80 bits per heavy atom. The van der Waals surface area contributed by atoms with Crippen molar-refractivity contribution in [2.45, 2.75) is 138 Å². The average Bonchev–Trinajstić information content (AvgIpc) is 3.53. The number of hydrogen-bond acceptors (Lipinski definition) is 4. The van der Waals surface area contributed by atoms with E-state index in [4.69, 9.17) is 9.29 Å². The lowest BCUT2D eigenvalue weighted by molar-refractivity contribution is -0.177. The Balaban J connectivity index is 0.000000233. The molecule has 5 nitrogen and oxygen atoms in total. The number of alkyl halides is 2. The molecule has 1 N–H and O–H groups in total. The van der Waals surface area contributed by atoms with Gasteiger partial charge in [-0.25, -0.2) is 4.79 Å². The molecular formula is C47H63F2O5S2+. The van der Waals surface area contributed by atoms with E-state index in [0.717, 1.165) is 42.9 Å². The quantitative estimate of drug-likeness (QED) is 0.119. The molecule has 3 aromatic rings. The van der Waals surface area contributed by atoms with Crippen LogP contribution in [0.25, 0.3) is 0 Å². The van der Waals surface area contributed by atoms with Gasteiger partial charge in [0.05, 0.1) is 10.9 Å². The molecule has 4 saturated carbocycles. The molecule has 9 heteroatoms. The van der Waals surface area contributed by atoms with E-state index < -0.39 is 27.4 Å². The van der Waals surface area contributed by atoms with E-state index in [1.54, 1.807) is 0 Å². The first-order valence-corrected chi connectivity index (χ1v) is 23.7. The first-order valence-electron chi connectivity index (χ1n) is 21.0. The summed E-state index contributed by atoms with van der Waals surface area (Å²) >= 11 is 0. The monoisotopic (exact) mass is 809 g/mol. The molecule has 0 saturated heterocycles. The molecule has 3 aromatic carbocycles. The van der Waals surface area contributed by atoms with Crippen LogP contribution in [0.3, 0.4) is 0 Å². The van der Waals surface area contributed by atoms with Crippen molar-refractivity contribution in [1.82, 2.24) is 0 Å². The largest absolute Gasteiger partial charge is 0.465 e. The molecule has 0 unspecified atom stereocenters. The van der Waals surface area contributed by atoms with Crippen molar-refractivity contribution in [3.8, 4) is 0 Å². The van der Waals surface area contributed by atoms with E-state index in [1.165, 1.54) is 59.6 Å². The number of benzene rings is 3. The number of fused-ring (bicyclic) bond motifs is 5. The molecule has 0 amide bonds. The van der Waals surface area contributed by atoms with Crippen LogP contribution in [-0.2, 0) is 30.5 Å². The van der Waals surface area contributed by atoms with Gasteiger partial charge in [-0.05, 0) is 146 Å². The number of esters is 1. The second kappa shape index (κ2) is 17.6. The van der Waals surface area contributed by atoms with Crippen LogP contribution in [-0.4, -0.2) is 30.3 Å². The topological polar surface area (TPSA) is 80.7 Å². The summed E-state index contributed by atoms with van der Waals surface area (Å²) in [5.41, 5.74) is 0.509. The Bertz CT molecular complexity index is 1750. The van der Waals surface area contributed by atoms with Gasteiger partial charge in [0.1, 0.15) is 6.10 Å². The first kappa shape index (κ1) is 42.8. The van der Waals surface area contributed by atoms with Crippen molar-refractivity contribution in [1.29, 1.82) is 0 Å². The van der Waals surface area contributed by atoms with Crippen LogP contribution in [0.5, 0.6) is 0 Å². The molecule has 7 rings (SSSR count). The third kappa shape index (κ3) is 8.95. The summed E-state index contributed by atoms with van der Waals surface area (Å²) in [6.07, 6.45) is 12.3. The van der Waals surface area contributed by atoms with Gasteiger partial charge in [0, 0.05) is 0 Å². The Kier molecular flexibility index (Phi) is 13.5. The zero-order valence-corrected chi connectivity index (χ0v) is 35.5. The van der Waals surface area contributed by atoms with Crippen LogP contribution >= 0.6 is 0 Å². The molecule has 4 fully saturated rings. The Labute approximate surface area is 337 Å². The maximum atomic E-state index is 13.7. The second-order valence-corrected chi connectivity index (χ2v) is 21.7. The second-order valence-electron chi connectivity index (χ2n) is 18.2. The highest BCUT2D eigenvalue weighted by Crippen LogP contribution is 2.68. The molecule has 306 valence electrons. The number of carbonyl (C=O) groups is 1. The Hall–Kier alpha value is -2.75. The van der Waals surface area contributed by atoms with Crippen molar-refractivity contribution in [2.24, 2.45) is 52.3 Å². The average molecular weight is 810 g/mol. The fraction of sp³-hybridized carbons (Fsp3) is 0.596. The maximum absolute atomic E-state index is 13.7. The van der Waals surface area contributed by atoms with Crippen molar-refractivity contribution in [3.05, 3.63) is 91.0 Å². The first-order chi connectivity index (χ1) is 26.6. The van der Waals surface area contributed by atoms with Gasteiger partial charge in [-0.2, -0.15) is 17.2 Å². The maximum Gasteiger partial charge on any atom is 0.465 e. The molecule has 0 spiro atoms. The highest BCUT2D eigenvalue weighted by Gasteiger charge is 2.61. The van der Waals surface area contributed by atoms with Crippen LogP contribution in [0.2, 0.25) is 0 Å². The van der Waals surface area contributed by atoms with E-state index in [9.17, 15) is 22.0 Å². The van der Waals surface area contributed by atoms with Crippen LogP contribution in [0.15, 0.2) is 106 Å². The summed E-state index contributed by atoms with van der Waals surface area (Å²) in [5.74, 6) is 2.51.